The molecule has 1 N–H and O–H groups in total. The van der Waals surface area contributed by atoms with E-state index in [0.717, 1.165) is 0 Å². The van der Waals surface area contributed by atoms with Crippen LogP contribution < -0.4 is 5.32 Å². The van der Waals surface area contributed by atoms with Crippen LogP contribution in [0.4, 0.5) is 13.2 Å². The van der Waals surface area contributed by atoms with Gasteiger partial charge in [-0.1, -0.05) is 6.58 Å². The number of halogens is 3. The number of rotatable bonds is 1. The second kappa shape index (κ2) is 3.57. The van der Waals surface area contributed by atoms with Crippen LogP contribution in [-0.4, -0.2) is 36.8 Å². The number of hydrogen-bond donors (Lipinski definition) is 1. The van der Waals surface area contributed by atoms with Crippen LogP contribution in [0, 0.1) is 0 Å². The molecule has 13 heavy (non-hydrogen) atoms. The van der Waals surface area contributed by atoms with Gasteiger partial charge >= 0.3 is 6.18 Å². The highest BCUT2D eigenvalue weighted by Gasteiger charge is 2.44. The topological polar surface area (TPSA) is 15.3 Å². The van der Waals surface area contributed by atoms with E-state index in [-0.39, 0.29) is 6.54 Å². The Bertz CT molecular complexity index is 200. The van der Waals surface area contributed by atoms with Crippen LogP contribution in [0.1, 0.15) is 6.92 Å². The van der Waals surface area contributed by atoms with Gasteiger partial charge in [0.15, 0.2) is 0 Å². The quantitative estimate of drug-likeness (QED) is 0.678. The van der Waals surface area contributed by atoms with E-state index < -0.39 is 12.2 Å². The first-order chi connectivity index (χ1) is 5.93. The highest BCUT2D eigenvalue weighted by atomic mass is 19.4. The molecule has 2 nitrogen and oxygen atoms in total. The molecule has 0 spiro atoms. The summed E-state index contributed by atoms with van der Waals surface area (Å²) in [7, 11) is 0. The molecule has 0 saturated carbocycles. The number of nitrogens with zero attached hydrogens (tertiary/aromatic N) is 1. The van der Waals surface area contributed by atoms with Crippen LogP contribution in [-0.2, 0) is 0 Å². The van der Waals surface area contributed by atoms with Crippen molar-refractivity contribution >= 4 is 0 Å². The van der Waals surface area contributed by atoms with E-state index in [9.17, 15) is 13.2 Å². The Morgan fingerprint density at radius 2 is 2.15 bits per heavy atom. The normalized spacial score (nSPS) is 24.6. The van der Waals surface area contributed by atoms with Crippen LogP contribution in [0.15, 0.2) is 12.3 Å². The van der Waals surface area contributed by atoms with Gasteiger partial charge in [0.25, 0.3) is 0 Å². The molecule has 0 aromatic heterocycles. The van der Waals surface area contributed by atoms with Gasteiger partial charge < -0.3 is 10.2 Å². The average molecular weight is 194 g/mol. The fourth-order valence-corrected chi connectivity index (χ4v) is 1.45. The van der Waals surface area contributed by atoms with Gasteiger partial charge in [0.1, 0.15) is 6.04 Å². The zero-order chi connectivity index (χ0) is 10.1. The first kappa shape index (κ1) is 10.4. The predicted octanol–water partition coefficient (Wildman–Crippen LogP) is 1.36. The first-order valence-corrected chi connectivity index (χ1v) is 4.12. The van der Waals surface area contributed by atoms with Crippen molar-refractivity contribution < 1.29 is 13.2 Å². The van der Waals surface area contributed by atoms with E-state index in [1.807, 2.05) is 0 Å². The summed E-state index contributed by atoms with van der Waals surface area (Å²) in [6.45, 7) is 6.05. The Balaban J connectivity index is 2.73. The molecule has 1 aliphatic heterocycles. The lowest BCUT2D eigenvalue weighted by Gasteiger charge is -2.38. The molecule has 1 fully saturated rings. The third-order valence-corrected chi connectivity index (χ3v) is 2.11. The maximum absolute atomic E-state index is 12.4. The molecule has 1 rings (SSSR count). The van der Waals surface area contributed by atoms with E-state index >= 15 is 0 Å². The molecule has 0 amide bonds. The SMILES string of the molecule is C=C(C)N1CCNCC1C(F)(F)F. The van der Waals surface area contributed by atoms with Crippen molar-refractivity contribution in [2.24, 2.45) is 0 Å². The summed E-state index contributed by atoms with van der Waals surface area (Å²) in [5.74, 6) is 0. The molecule has 76 valence electrons. The fraction of sp³-hybridized carbons (Fsp3) is 0.750. The Kier molecular flexibility index (Phi) is 2.85. The summed E-state index contributed by atoms with van der Waals surface area (Å²) in [6, 6.07) is -1.42. The number of allylic oxidation sites excluding steroid dienone is 1. The second-order valence-electron chi connectivity index (χ2n) is 3.19. The van der Waals surface area contributed by atoms with Crippen LogP contribution in [0.2, 0.25) is 0 Å². The molecule has 5 heteroatoms. The van der Waals surface area contributed by atoms with E-state index in [1.54, 1.807) is 6.92 Å². The fourth-order valence-electron chi connectivity index (χ4n) is 1.45. The third kappa shape index (κ3) is 2.37. The Morgan fingerprint density at radius 1 is 1.54 bits per heavy atom. The highest BCUT2D eigenvalue weighted by Crippen LogP contribution is 2.27. The Morgan fingerprint density at radius 3 is 2.54 bits per heavy atom. The molecule has 0 aromatic carbocycles. The average Bonchev–Trinajstić information content (AvgIpc) is 2.03. The maximum atomic E-state index is 12.4. The lowest BCUT2D eigenvalue weighted by molar-refractivity contribution is -0.181. The smallest absolute Gasteiger partial charge is 0.362 e. The summed E-state index contributed by atoms with van der Waals surface area (Å²) >= 11 is 0. The van der Waals surface area contributed by atoms with Gasteiger partial charge in [-0.3, -0.25) is 0 Å². The summed E-state index contributed by atoms with van der Waals surface area (Å²) in [6.07, 6.45) is -4.17. The molecule has 0 bridgehead atoms. The molecule has 1 unspecified atom stereocenters. The van der Waals surface area contributed by atoms with Crippen molar-refractivity contribution in [1.82, 2.24) is 10.2 Å². The minimum atomic E-state index is -4.17. The maximum Gasteiger partial charge on any atom is 0.409 e. The lowest BCUT2D eigenvalue weighted by atomic mass is 10.1. The van der Waals surface area contributed by atoms with Crippen molar-refractivity contribution in [3.63, 3.8) is 0 Å². The van der Waals surface area contributed by atoms with Crippen molar-refractivity contribution in [3.05, 3.63) is 12.3 Å². The van der Waals surface area contributed by atoms with Crippen LogP contribution in [0.3, 0.4) is 0 Å². The van der Waals surface area contributed by atoms with E-state index in [4.69, 9.17) is 0 Å². The summed E-state index contributed by atoms with van der Waals surface area (Å²) in [4.78, 5) is 1.30. The number of alkyl halides is 3. The molecule has 0 aromatic rings. The molecule has 1 heterocycles. The summed E-state index contributed by atoms with van der Waals surface area (Å²) < 4.78 is 37.3. The lowest BCUT2D eigenvalue weighted by Crippen LogP contribution is -2.56. The van der Waals surface area contributed by atoms with Gasteiger partial charge in [0.05, 0.1) is 0 Å². The summed E-state index contributed by atoms with van der Waals surface area (Å²) in [5, 5.41) is 2.72. The molecule has 1 saturated heterocycles. The molecule has 1 aliphatic rings. The second-order valence-corrected chi connectivity index (χ2v) is 3.19. The highest BCUT2D eigenvalue weighted by molar-refractivity contribution is 4.98. The Labute approximate surface area is 75.4 Å². The van der Waals surface area contributed by atoms with Gasteiger partial charge in [-0.15, -0.1) is 0 Å². The Hall–Kier alpha value is -0.710. The molecule has 0 aliphatic carbocycles. The van der Waals surface area contributed by atoms with Crippen LogP contribution in [0.5, 0.6) is 0 Å². The molecular formula is C8H13F3N2. The van der Waals surface area contributed by atoms with E-state index in [2.05, 4.69) is 11.9 Å². The largest absolute Gasteiger partial charge is 0.409 e. The van der Waals surface area contributed by atoms with Gasteiger partial charge in [-0.05, 0) is 6.92 Å². The standard InChI is InChI=1S/C8H13F3N2/c1-6(2)13-4-3-12-5-7(13)8(9,10)11/h7,12H,1,3-5H2,2H3. The minimum absolute atomic E-state index is 0.0453. The number of piperazine rings is 1. The predicted molar refractivity (Wildman–Crippen MR) is 44.2 cm³/mol. The van der Waals surface area contributed by atoms with Crippen molar-refractivity contribution in [2.45, 2.75) is 19.1 Å². The van der Waals surface area contributed by atoms with Gasteiger partial charge in [-0.25, -0.2) is 0 Å². The first-order valence-electron chi connectivity index (χ1n) is 4.12. The van der Waals surface area contributed by atoms with Gasteiger partial charge in [0.2, 0.25) is 0 Å². The zero-order valence-corrected chi connectivity index (χ0v) is 7.49. The van der Waals surface area contributed by atoms with Crippen LogP contribution >= 0.6 is 0 Å². The van der Waals surface area contributed by atoms with E-state index in [0.29, 0.717) is 18.8 Å². The van der Waals surface area contributed by atoms with Crippen molar-refractivity contribution in [1.29, 1.82) is 0 Å². The monoisotopic (exact) mass is 194 g/mol. The van der Waals surface area contributed by atoms with Gasteiger partial charge in [0, 0.05) is 25.3 Å². The minimum Gasteiger partial charge on any atom is -0.362 e. The third-order valence-electron chi connectivity index (χ3n) is 2.11. The van der Waals surface area contributed by atoms with Gasteiger partial charge in [-0.2, -0.15) is 13.2 Å². The van der Waals surface area contributed by atoms with Crippen LogP contribution in [0.25, 0.3) is 0 Å². The van der Waals surface area contributed by atoms with Crippen molar-refractivity contribution in [2.75, 3.05) is 19.6 Å². The number of nitrogens with one attached hydrogen (secondary N) is 1. The molecule has 0 radical (unpaired) electrons. The molecule has 1 atom stereocenters. The number of hydrogen-bond acceptors (Lipinski definition) is 2. The van der Waals surface area contributed by atoms with E-state index in [1.165, 1.54) is 4.90 Å². The molecular weight excluding hydrogens is 181 g/mol. The zero-order valence-electron chi connectivity index (χ0n) is 7.49. The van der Waals surface area contributed by atoms with Crippen molar-refractivity contribution in [3.8, 4) is 0 Å². The summed E-state index contributed by atoms with van der Waals surface area (Å²) in [5.41, 5.74) is 0.476.